The highest BCUT2D eigenvalue weighted by Gasteiger charge is 2.07. The van der Waals surface area contributed by atoms with E-state index in [4.69, 9.17) is 0 Å². The van der Waals surface area contributed by atoms with Crippen molar-refractivity contribution in [1.82, 2.24) is 10.3 Å². The molecule has 102 valence electrons. The molecule has 0 aliphatic heterocycles. The van der Waals surface area contributed by atoms with Gasteiger partial charge in [-0.3, -0.25) is 0 Å². The quantitative estimate of drug-likeness (QED) is 0.730. The van der Waals surface area contributed by atoms with E-state index in [1.165, 1.54) is 17.0 Å². The third-order valence-electron chi connectivity index (χ3n) is 3.63. The van der Waals surface area contributed by atoms with Gasteiger partial charge in [0.2, 0.25) is 0 Å². The maximum Gasteiger partial charge on any atom is 0.123 e. The molecule has 0 amide bonds. The summed E-state index contributed by atoms with van der Waals surface area (Å²) in [7, 11) is 0. The fraction of sp³-hybridized carbons (Fsp3) is 0.176. The van der Waals surface area contributed by atoms with Gasteiger partial charge >= 0.3 is 0 Å². The molecule has 2 N–H and O–H groups in total. The van der Waals surface area contributed by atoms with Crippen molar-refractivity contribution in [3.8, 4) is 0 Å². The molecule has 0 saturated heterocycles. The predicted molar refractivity (Wildman–Crippen MR) is 80.0 cm³/mol. The lowest BCUT2D eigenvalue weighted by molar-refractivity contribution is 0.566. The van der Waals surface area contributed by atoms with Crippen molar-refractivity contribution >= 4 is 10.9 Å². The van der Waals surface area contributed by atoms with E-state index in [-0.39, 0.29) is 11.9 Å². The molecule has 0 radical (unpaired) electrons. The number of hydrogen-bond donors (Lipinski definition) is 2. The highest BCUT2D eigenvalue weighted by atomic mass is 19.1. The average molecular weight is 268 g/mol. The molecular formula is C17H17FN2. The first-order chi connectivity index (χ1) is 9.74. The van der Waals surface area contributed by atoms with Crippen LogP contribution >= 0.6 is 0 Å². The number of rotatable bonds is 4. The van der Waals surface area contributed by atoms with Gasteiger partial charge in [-0.15, -0.1) is 0 Å². The Balaban J connectivity index is 1.74. The number of aromatic nitrogens is 1. The molecule has 20 heavy (non-hydrogen) atoms. The highest BCUT2D eigenvalue weighted by molar-refractivity contribution is 5.82. The van der Waals surface area contributed by atoms with Crippen molar-refractivity contribution in [2.45, 2.75) is 19.5 Å². The third-order valence-corrected chi connectivity index (χ3v) is 3.63. The number of hydrogen-bond acceptors (Lipinski definition) is 1. The van der Waals surface area contributed by atoms with E-state index >= 15 is 0 Å². The summed E-state index contributed by atoms with van der Waals surface area (Å²) < 4.78 is 13.2. The lowest BCUT2D eigenvalue weighted by Gasteiger charge is -2.15. The normalized spacial score (nSPS) is 12.7. The molecule has 1 heterocycles. The second kappa shape index (κ2) is 5.47. The number of aromatic amines is 1. The SMILES string of the molecule is C[C@@H](NCc1cccc2[nH]ccc12)c1cccc(F)c1. The van der Waals surface area contributed by atoms with Crippen LogP contribution < -0.4 is 5.32 Å². The number of fused-ring (bicyclic) bond motifs is 1. The Morgan fingerprint density at radius 1 is 1.15 bits per heavy atom. The van der Waals surface area contributed by atoms with Gasteiger partial charge in [-0.05, 0) is 42.3 Å². The van der Waals surface area contributed by atoms with Crippen molar-refractivity contribution in [1.29, 1.82) is 0 Å². The van der Waals surface area contributed by atoms with E-state index in [1.807, 2.05) is 25.3 Å². The molecule has 0 fully saturated rings. The van der Waals surface area contributed by atoms with Gasteiger partial charge in [0.25, 0.3) is 0 Å². The van der Waals surface area contributed by atoms with Gasteiger partial charge in [0.15, 0.2) is 0 Å². The predicted octanol–water partition coefficient (Wildman–Crippen LogP) is 4.16. The molecule has 1 aromatic heterocycles. The monoisotopic (exact) mass is 268 g/mol. The zero-order valence-electron chi connectivity index (χ0n) is 11.4. The van der Waals surface area contributed by atoms with Crippen LogP contribution in [0.4, 0.5) is 4.39 Å². The van der Waals surface area contributed by atoms with Crippen LogP contribution in [-0.2, 0) is 6.54 Å². The fourth-order valence-corrected chi connectivity index (χ4v) is 2.46. The molecule has 3 aromatic rings. The maximum atomic E-state index is 13.2. The summed E-state index contributed by atoms with van der Waals surface area (Å²) in [6.07, 6.45) is 1.95. The molecule has 0 bridgehead atoms. The molecule has 2 aromatic carbocycles. The van der Waals surface area contributed by atoms with Crippen LogP contribution in [0.3, 0.4) is 0 Å². The Morgan fingerprint density at radius 3 is 2.85 bits per heavy atom. The Labute approximate surface area is 117 Å². The number of halogens is 1. The molecule has 0 spiro atoms. The summed E-state index contributed by atoms with van der Waals surface area (Å²) in [6.45, 7) is 2.80. The van der Waals surface area contributed by atoms with Crippen molar-refractivity contribution in [3.05, 3.63) is 71.7 Å². The van der Waals surface area contributed by atoms with Crippen molar-refractivity contribution in [3.63, 3.8) is 0 Å². The van der Waals surface area contributed by atoms with Crippen LogP contribution in [-0.4, -0.2) is 4.98 Å². The lowest BCUT2D eigenvalue weighted by atomic mass is 10.1. The van der Waals surface area contributed by atoms with Crippen LogP contribution in [0.5, 0.6) is 0 Å². The van der Waals surface area contributed by atoms with Gasteiger partial charge in [0.05, 0.1) is 0 Å². The largest absolute Gasteiger partial charge is 0.361 e. The highest BCUT2D eigenvalue weighted by Crippen LogP contribution is 2.19. The van der Waals surface area contributed by atoms with E-state index in [1.54, 1.807) is 12.1 Å². The minimum Gasteiger partial charge on any atom is -0.361 e. The molecule has 0 saturated carbocycles. The zero-order chi connectivity index (χ0) is 13.9. The summed E-state index contributed by atoms with van der Waals surface area (Å²) in [6, 6.07) is 15.1. The standard InChI is InChI=1S/C17H17FN2/c1-12(13-4-2-6-15(18)10-13)20-11-14-5-3-7-17-16(14)8-9-19-17/h2-10,12,19-20H,11H2,1H3/t12-/m1/s1. The van der Waals surface area contributed by atoms with Gasteiger partial charge < -0.3 is 10.3 Å². The number of nitrogens with one attached hydrogen (secondary N) is 2. The number of benzene rings is 2. The maximum absolute atomic E-state index is 13.2. The first-order valence-corrected chi connectivity index (χ1v) is 6.78. The Kier molecular flexibility index (Phi) is 3.52. The summed E-state index contributed by atoms with van der Waals surface area (Å²) in [4.78, 5) is 3.21. The van der Waals surface area contributed by atoms with Gasteiger partial charge in [0.1, 0.15) is 5.82 Å². The Bertz CT molecular complexity index is 718. The summed E-state index contributed by atoms with van der Waals surface area (Å²) in [5.41, 5.74) is 3.35. The topological polar surface area (TPSA) is 27.8 Å². The molecule has 1 atom stereocenters. The Hall–Kier alpha value is -2.13. The average Bonchev–Trinajstić information content (AvgIpc) is 2.93. The van der Waals surface area contributed by atoms with Crippen LogP contribution in [0.1, 0.15) is 24.1 Å². The molecule has 2 nitrogen and oxygen atoms in total. The van der Waals surface area contributed by atoms with Gasteiger partial charge in [-0.1, -0.05) is 24.3 Å². The van der Waals surface area contributed by atoms with Gasteiger partial charge in [0, 0.05) is 29.7 Å². The summed E-state index contributed by atoms with van der Waals surface area (Å²) in [5.74, 6) is -0.191. The molecule has 3 heteroatoms. The van der Waals surface area contributed by atoms with Gasteiger partial charge in [-0.25, -0.2) is 4.39 Å². The minimum atomic E-state index is -0.191. The van der Waals surface area contributed by atoms with Crippen LogP contribution in [0, 0.1) is 5.82 Å². The van der Waals surface area contributed by atoms with E-state index in [9.17, 15) is 4.39 Å². The molecule has 0 aliphatic rings. The van der Waals surface area contributed by atoms with E-state index in [2.05, 4.69) is 28.5 Å². The smallest absolute Gasteiger partial charge is 0.123 e. The van der Waals surface area contributed by atoms with Crippen LogP contribution in [0.15, 0.2) is 54.7 Å². The second-order valence-electron chi connectivity index (χ2n) is 5.01. The lowest BCUT2D eigenvalue weighted by Crippen LogP contribution is -2.18. The van der Waals surface area contributed by atoms with E-state index in [0.29, 0.717) is 0 Å². The summed E-state index contributed by atoms with van der Waals surface area (Å²) in [5, 5.41) is 4.67. The van der Waals surface area contributed by atoms with E-state index < -0.39 is 0 Å². The first-order valence-electron chi connectivity index (χ1n) is 6.78. The fourth-order valence-electron chi connectivity index (χ4n) is 2.46. The summed E-state index contributed by atoms with van der Waals surface area (Å²) >= 11 is 0. The third kappa shape index (κ3) is 2.58. The second-order valence-corrected chi connectivity index (χ2v) is 5.01. The van der Waals surface area contributed by atoms with Crippen molar-refractivity contribution in [2.75, 3.05) is 0 Å². The molecular weight excluding hydrogens is 251 g/mol. The zero-order valence-corrected chi connectivity index (χ0v) is 11.4. The van der Waals surface area contributed by atoms with Crippen molar-refractivity contribution in [2.24, 2.45) is 0 Å². The molecule has 3 rings (SSSR count). The van der Waals surface area contributed by atoms with Crippen LogP contribution in [0.25, 0.3) is 10.9 Å². The number of H-pyrrole nitrogens is 1. The van der Waals surface area contributed by atoms with Gasteiger partial charge in [-0.2, -0.15) is 0 Å². The van der Waals surface area contributed by atoms with Crippen molar-refractivity contribution < 1.29 is 4.39 Å². The minimum absolute atomic E-state index is 0.111. The molecule has 0 aliphatic carbocycles. The first kappa shape index (κ1) is 12.9. The Morgan fingerprint density at radius 2 is 2.00 bits per heavy atom. The van der Waals surface area contributed by atoms with E-state index in [0.717, 1.165) is 17.6 Å². The molecule has 0 unspecified atom stereocenters. The van der Waals surface area contributed by atoms with Crippen LogP contribution in [0.2, 0.25) is 0 Å².